The molecule has 0 radical (unpaired) electrons. The molecule has 5 nitrogen and oxygen atoms in total. The van der Waals surface area contributed by atoms with Gasteiger partial charge in [-0.25, -0.2) is 0 Å². The lowest BCUT2D eigenvalue weighted by molar-refractivity contribution is 0.0156. The summed E-state index contributed by atoms with van der Waals surface area (Å²) in [7, 11) is -2.39. The van der Waals surface area contributed by atoms with Crippen LogP contribution in [0, 0.1) is 0 Å². The summed E-state index contributed by atoms with van der Waals surface area (Å²) in [4.78, 5) is 0. The van der Waals surface area contributed by atoms with E-state index in [0.29, 0.717) is 11.9 Å². The van der Waals surface area contributed by atoms with E-state index in [0.717, 1.165) is 10.8 Å². The highest BCUT2D eigenvalue weighted by Gasteiger charge is 2.25. The van der Waals surface area contributed by atoms with Crippen molar-refractivity contribution in [3.05, 3.63) is 47.7 Å². The minimum Gasteiger partial charge on any atom is -0.464 e. The van der Waals surface area contributed by atoms with Crippen LogP contribution in [-0.2, 0) is 23.7 Å². The molecule has 104 valence electrons. The largest absolute Gasteiger partial charge is 0.464 e. The quantitative estimate of drug-likeness (QED) is 0.746. The van der Waals surface area contributed by atoms with E-state index < -0.39 is 17.6 Å². The average molecular weight is 298 g/mol. The maximum Gasteiger partial charge on any atom is 0.326 e. The zero-order valence-electron chi connectivity index (χ0n) is 11.5. The van der Waals surface area contributed by atoms with E-state index in [2.05, 4.69) is 26.2 Å². The first kappa shape index (κ1) is 13.8. The topological polar surface area (TPSA) is 46.2 Å². The van der Waals surface area contributed by atoms with E-state index in [1.807, 2.05) is 0 Å². The third-order valence-electron chi connectivity index (χ3n) is 2.49. The molecule has 0 unspecified atom stereocenters. The van der Waals surface area contributed by atoms with E-state index >= 15 is 0 Å². The van der Waals surface area contributed by atoms with Crippen LogP contribution in [0.4, 0.5) is 0 Å². The summed E-state index contributed by atoms with van der Waals surface area (Å²) >= 11 is 0. The average Bonchev–Trinajstić information content (AvgIpc) is 2.39. The molecule has 0 saturated heterocycles. The molecule has 2 aliphatic rings. The molecule has 0 saturated carbocycles. The van der Waals surface area contributed by atoms with Crippen LogP contribution in [0.1, 0.15) is 0 Å². The van der Waals surface area contributed by atoms with Gasteiger partial charge in [-0.1, -0.05) is 26.2 Å². The Balaban J connectivity index is 2.23. The number of hydrogen-bond donors (Lipinski definition) is 0. The van der Waals surface area contributed by atoms with Crippen LogP contribution in [0.15, 0.2) is 47.7 Å². The molecule has 0 fully saturated rings. The van der Waals surface area contributed by atoms with Crippen molar-refractivity contribution in [1.82, 2.24) is 0 Å². The predicted molar refractivity (Wildman–Crippen MR) is 75.5 cm³/mol. The third kappa shape index (κ3) is 3.24. The van der Waals surface area contributed by atoms with Crippen molar-refractivity contribution in [3.8, 4) is 0 Å². The monoisotopic (exact) mass is 298 g/mol. The SMILES string of the molecule is C[SiH](C)C1=C(OC2=C([SiH](C)C)OC=CO2)OC=CO1. The molecule has 0 atom stereocenters. The highest BCUT2D eigenvalue weighted by Crippen LogP contribution is 2.25. The summed E-state index contributed by atoms with van der Waals surface area (Å²) in [6.07, 6.45) is 5.92. The lowest BCUT2D eigenvalue weighted by Crippen LogP contribution is -2.19. The maximum atomic E-state index is 5.71. The molecule has 0 aromatic carbocycles. The molecule has 0 aliphatic carbocycles. The second kappa shape index (κ2) is 6.02. The first-order valence-corrected chi connectivity index (χ1v) is 12.0. The fourth-order valence-corrected chi connectivity index (χ4v) is 3.47. The normalized spacial score (nSPS) is 18.2. The molecule has 2 rings (SSSR count). The second-order valence-electron chi connectivity index (χ2n) is 4.73. The van der Waals surface area contributed by atoms with Gasteiger partial charge in [0, 0.05) is 0 Å². The van der Waals surface area contributed by atoms with Crippen molar-refractivity contribution in [3.63, 3.8) is 0 Å². The summed E-state index contributed by atoms with van der Waals surface area (Å²) in [6, 6.07) is 0. The van der Waals surface area contributed by atoms with Gasteiger partial charge in [0.1, 0.15) is 42.6 Å². The van der Waals surface area contributed by atoms with E-state index in [1.54, 1.807) is 0 Å². The van der Waals surface area contributed by atoms with Gasteiger partial charge < -0.3 is 23.7 Å². The third-order valence-corrected chi connectivity index (χ3v) is 5.33. The standard InChI is InChI=1S/C12H18O5Si2/c1-18(2)11-9(13-5-7-15-11)17-10-12(19(3)4)16-8-6-14-10/h5-8,18-19H,1-4H3. The highest BCUT2D eigenvalue weighted by molar-refractivity contribution is 6.63. The Morgan fingerprint density at radius 1 is 0.684 bits per heavy atom. The second-order valence-corrected chi connectivity index (χ2v) is 10.4. The summed E-state index contributed by atoms with van der Waals surface area (Å²) in [6.45, 7) is 8.52. The Hall–Kier alpha value is -1.61. The Morgan fingerprint density at radius 3 is 1.42 bits per heavy atom. The molecule has 2 aliphatic heterocycles. The van der Waals surface area contributed by atoms with Gasteiger partial charge in [-0.3, -0.25) is 0 Å². The van der Waals surface area contributed by atoms with Crippen LogP contribution in [0.3, 0.4) is 0 Å². The van der Waals surface area contributed by atoms with Crippen LogP contribution in [0.25, 0.3) is 0 Å². The number of ether oxygens (including phenoxy) is 5. The number of rotatable bonds is 4. The molecule has 0 spiro atoms. The van der Waals surface area contributed by atoms with E-state index in [4.69, 9.17) is 23.7 Å². The van der Waals surface area contributed by atoms with Crippen LogP contribution >= 0.6 is 0 Å². The summed E-state index contributed by atoms with van der Waals surface area (Å²) < 4.78 is 27.4. The Labute approximate surface area is 116 Å². The van der Waals surface area contributed by atoms with Crippen molar-refractivity contribution in [2.75, 3.05) is 0 Å². The van der Waals surface area contributed by atoms with Gasteiger partial charge in [-0.05, 0) is 0 Å². The van der Waals surface area contributed by atoms with Crippen LogP contribution in [-0.4, -0.2) is 17.6 Å². The fraction of sp³-hybridized carbons (Fsp3) is 0.333. The van der Waals surface area contributed by atoms with Gasteiger partial charge in [0.2, 0.25) is 0 Å². The van der Waals surface area contributed by atoms with E-state index in [9.17, 15) is 0 Å². The Kier molecular flexibility index (Phi) is 4.38. The Bertz CT molecular complexity index is 421. The molecule has 0 bridgehead atoms. The smallest absolute Gasteiger partial charge is 0.326 e. The lowest BCUT2D eigenvalue weighted by atomic mass is 10.8. The molecule has 2 heterocycles. The van der Waals surface area contributed by atoms with Crippen LogP contribution in [0.5, 0.6) is 0 Å². The van der Waals surface area contributed by atoms with Crippen molar-refractivity contribution >= 4 is 17.6 Å². The van der Waals surface area contributed by atoms with Gasteiger partial charge in [0.05, 0.1) is 0 Å². The van der Waals surface area contributed by atoms with E-state index in [-0.39, 0.29) is 0 Å². The molecule has 0 amide bonds. The Morgan fingerprint density at radius 2 is 1.05 bits per heavy atom. The fourth-order valence-electron chi connectivity index (χ4n) is 1.57. The summed E-state index contributed by atoms with van der Waals surface area (Å²) in [5.41, 5.74) is 0. The van der Waals surface area contributed by atoms with Crippen molar-refractivity contribution in [2.45, 2.75) is 26.2 Å². The van der Waals surface area contributed by atoms with Crippen LogP contribution < -0.4 is 0 Å². The first-order chi connectivity index (χ1) is 9.09. The van der Waals surface area contributed by atoms with E-state index in [1.165, 1.54) is 25.0 Å². The van der Waals surface area contributed by atoms with Gasteiger partial charge in [-0.15, -0.1) is 0 Å². The van der Waals surface area contributed by atoms with Crippen molar-refractivity contribution < 1.29 is 23.7 Å². The van der Waals surface area contributed by atoms with Gasteiger partial charge in [0.25, 0.3) is 0 Å². The molecular formula is C12H18O5Si2. The van der Waals surface area contributed by atoms with Gasteiger partial charge >= 0.3 is 11.9 Å². The van der Waals surface area contributed by atoms with Crippen molar-refractivity contribution in [2.24, 2.45) is 0 Å². The molecule has 0 N–H and O–H groups in total. The van der Waals surface area contributed by atoms with Gasteiger partial charge in [-0.2, -0.15) is 0 Å². The molecule has 19 heavy (non-hydrogen) atoms. The minimum absolute atomic E-state index is 0.352. The molecule has 7 heteroatoms. The molecule has 0 aromatic heterocycles. The predicted octanol–water partition coefficient (Wildman–Crippen LogP) is 2.43. The zero-order valence-corrected chi connectivity index (χ0v) is 13.8. The first-order valence-electron chi connectivity index (χ1n) is 6.22. The van der Waals surface area contributed by atoms with Gasteiger partial charge in [0.15, 0.2) is 10.8 Å². The van der Waals surface area contributed by atoms with Crippen LogP contribution in [0.2, 0.25) is 26.2 Å². The summed E-state index contributed by atoms with van der Waals surface area (Å²) in [5.74, 6) is 0.704. The molecular weight excluding hydrogens is 280 g/mol. The number of hydrogen-bond acceptors (Lipinski definition) is 5. The maximum absolute atomic E-state index is 5.71. The van der Waals surface area contributed by atoms with Crippen molar-refractivity contribution in [1.29, 1.82) is 0 Å². The summed E-state index contributed by atoms with van der Waals surface area (Å²) in [5, 5.41) is 1.52. The lowest BCUT2D eigenvalue weighted by Gasteiger charge is -2.22. The highest BCUT2D eigenvalue weighted by atomic mass is 28.3. The molecule has 0 aromatic rings. The zero-order chi connectivity index (χ0) is 13.8. The minimum atomic E-state index is -1.20.